The molecule has 0 bridgehead atoms. The van der Waals surface area contributed by atoms with Crippen molar-refractivity contribution in [2.24, 2.45) is 0 Å². The second-order valence-corrected chi connectivity index (χ2v) is 7.44. The molecule has 2 aromatic carbocycles. The van der Waals surface area contributed by atoms with E-state index in [4.69, 9.17) is 9.47 Å². The lowest BCUT2D eigenvalue weighted by molar-refractivity contribution is -0.317. The fourth-order valence-corrected chi connectivity index (χ4v) is 3.18. The summed E-state index contributed by atoms with van der Waals surface area (Å²) in [6.07, 6.45) is -0.0695. The van der Waals surface area contributed by atoms with E-state index in [0.717, 1.165) is 0 Å². The topological polar surface area (TPSA) is 179 Å². The van der Waals surface area contributed by atoms with Crippen LogP contribution >= 0.6 is 0 Å². The van der Waals surface area contributed by atoms with Gasteiger partial charge >= 0.3 is 0 Å². The molecule has 2 rings (SSSR count). The normalized spacial score (nSPS) is 12.4. The highest BCUT2D eigenvalue weighted by molar-refractivity contribution is 5.81. The number of carboxylic acids is 4. The van der Waals surface area contributed by atoms with E-state index in [1.165, 1.54) is 24.3 Å². The van der Waals surface area contributed by atoms with Gasteiger partial charge in [-0.05, 0) is 61.1 Å². The molecule has 0 saturated carbocycles. The number of carbonyl (C=O) groups is 4. The van der Waals surface area contributed by atoms with Gasteiger partial charge in [0.25, 0.3) is 0 Å². The average molecular weight is 470 g/mol. The number of carboxylic acid groups (broad SMARTS) is 4. The third kappa shape index (κ3) is 8.45. The van der Waals surface area contributed by atoms with Gasteiger partial charge in [0.15, 0.2) is 0 Å². The number of ether oxygens (including phenoxy) is 2. The van der Waals surface area contributed by atoms with E-state index in [0.29, 0.717) is 37.6 Å². The van der Waals surface area contributed by atoms with Gasteiger partial charge in [-0.1, -0.05) is 24.3 Å². The van der Waals surface area contributed by atoms with Crippen molar-refractivity contribution in [2.45, 2.75) is 37.5 Å². The number of rotatable bonds is 15. The van der Waals surface area contributed by atoms with Crippen molar-refractivity contribution in [1.82, 2.24) is 0 Å². The maximum Gasteiger partial charge on any atom is 0.119 e. The van der Waals surface area contributed by atoms with Crippen molar-refractivity contribution in [2.75, 3.05) is 13.2 Å². The van der Waals surface area contributed by atoms with Crippen molar-refractivity contribution in [3.05, 3.63) is 59.7 Å². The lowest BCUT2D eigenvalue weighted by Crippen LogP contribution is -2.34. The summed E-state index contributed by atoms with van der Waals surface area (Å²) in [5, 5.41) is 43.6. The first-order valence-corrected chi connectivity index (χ1v) is 10.4. The summed E-state index contributed by atoms with van der Waals surface area (Å²) >= 11 is 0. The number of hydrogen-bond acceptors (Lipinski definition) is 10. The van der Waals surface area contributed by atoms with E-state index >= 15 is 0 Å². The quantitative estimate of drug-likeness (QED) is 0.261. The van der Waals surface area contributed by atoms with Crippen LogP contribution in [0.5, 0.6) is 11.5 Å². The second-order valence-electron chi connectivity index (χ2n) is 7.44. The van der Waals surface area contributed by atoms with Crippen molar-refractivity contribution >= 4 is 23.9 Å². The Morgan fingerprint density at radius 2 is 0.912 bits per heavy atom. The molecule has 0 amide bonds. The highest BCUT2D eigenvalue weighted by Crippen LogP contribution is 2.23. The van der Waals surface area contributed by atoms with E-state index in [2.05, 4.69) is 0 Å². The molecule has 0 fully saturated rings. The predicted molar refractivity (Wildman–Crippen MR) is 108 cm³/mol. The Hall–Kier alpha value is -4.08. The molecule has 0 saturated heterocycles. The molecule has 182 valence electrons. The Bertz CT molecular complexity index is 900. The zero-order valence-electron chi connectivity index (χ0n) is 18.1. The zero-order chi connectivity index (χ0) is 25.1. The fraction of sp³-hybridized carbons (Fsp3) is 0.333. The van der Waals surface area contributed by atoms with Crippen LogP contribution < -0.4 is 29.9 Å². The summed E-state index contributed by atoms with van der Waals surface area (Å²) in [6.45, 7) is 0.724. The first-order chi connectivity index (χ1) is 16.2. The van der Waals surface area contributed by atoms with E-state index in [-0.39, 0.29) is 11.1 Å². The third-order valence-electron chi connectivity index (χ3n) is 4.95. The van der Waals surface area contributed by atoms with Gasteiger partial charge in [-0.25, -0.2) is 0 Å². The van der Waals surface area contributed by atoms with E-state index in [9.17, 15) is 39.6 Å². The molecule has 0 radical (unpaired) electrons. The van der Waals surface area contributed by atoms with Crippen LogP contribution in [0.1, 0.15) is 48.6 Å². The van der Waals surface area contributed by atoms with Gasteiger partial charge in [-0.3, -0.25) is 0 Å². The molecule has 2 aromatic rings. The molecule has 0 aliphatic carbocycles. The minimum atomic E-state index is -1.50. The highest BCUT2D eigenvalue weighted by Gasteiger charge is 2.14. The predicted octanol–water partition coefficient (Wildman–Crippen LogP) is -2.13. The minimum absolute atomic E-state index is 0.279. The van der Waals surface area contributed by atoms with Gasteiger partial charge in [0.2, 0.25) is 0 Å². The number of benzene rings is 2. The maximum atomic E-state index is 11.1. The Labute approximate surface area is 195 Å². The molecule has 0 aliphatic rings. The molecular weight excluding hydrogens is 448 g/mol. The average Bonchev–Trinajstić information content (AvgIpc) is 2.78. The lowest BCUT2D eigenvalue weighted by atomic mass is 9.96. The maximum absolute atomic E-state index is 11.1. The third-order valence-corrected chi connectivity index (χ3v) is 4.95. The Morgan fingerprint density at radius 1 is 0.588 bits per heavy atom. The van der Waals surface area contributed by atoms with Crippen LogP contribution in [0.25, 0.3) is 0 Å². The first-order valence-electron chi connectivity index (χ1n) is 10.4. The van der Waals surface area contributed by atoms with Crippen LogP contribution in [0.4, 0.5) is 0 Å². The largest absolute Gasteiger partial charge is 0.550 e. The SMILES string of the molecule is O=C([O-])C[C@@H](C(=O)[O-])c1ccc(OCCCCOc2ccc([C@@H](CC(=O)[O-])C(=O)[O-])cc2)cc1. The summed E-state index contributed by atoms with van der Waals surface area (Å²) in [5.41, 5.74) is 0.558. The first kappa shape index (κ1) is 26.2. The van der Waals surface area contributed by atoms with Crippen LogP contribution in [-0.2, 0) is 19.2 Å². The van der Waals surface area contributed by atoms with Gasteiger partial charge in [0.1, 0.15) is 11.5 Å². The van der Waals surface area contributed by atoms with Crippen molar-refractivity contribution < 1.29 is 49.1 Å². The summed E-state index contributed by atoms with van der Waals surface area (Å²) in [6, 6.07) is 12.0. The fourth-order valence-electron chi connectivity index (χ4n) is 3.18. The molecule has 34 heavy (non-hydrogen) atoms. The van der Waals surface area contributed by atoms with Crippen LogP contribution in [-0.4, -0.2) is 37.1 Å². The number of aliphatic carboxylic acids is 4. The monoisotopic (exact) mass is 470 g/mol. The second kappa shape index (κ2) is 12.8. The van der Waals surface area contributed by atoms with Crippen LogP contribution in [0.2, 0.25) is 0 Å². The van der Waals surface area contributed by atoms with Gasteiger partial charge in [0, 0.05) is 35.7 Å². The molecule has 10 nitrogen and oxygen atoms in total. The van der Waals surface area contributed by atoms with Gasteiger partial charge in [-0.15, -0.1) is 0 Å². The van der Waals surface area contributed by atoms with E-state index < -0.39 is 48.6 Å². The molecule has 0 aromatic heterocycles. The van der Waals surface area contributed by atoms with Crippen molar-refractivity contribution in [3.8, 4) is 11.5 Å². The summed E-state index contributed by atoms with van der Waals surface area (Å²) in [7, 11) is 0. The lowest BCUT2D eigenvalue weighted by Gasteiger charge is -2.19. The molecule has 10 heteroatoms. The molecule has 0 heterocycles. The van der Waals surface area contributed by atoms with Gasteiger partial charge in [-0.2, -0.15) is 0 Å². The Kier molecular flexibility index (Phi) is 9.88. The zero-order valence-corrected chi connectivity index (χ0v) is 18.1. The molecule has 2 atom stereocenters. The highest BCUT2D eigenvalue weighted by atomic mass is 16.5. The van der Waals surface area contributed by atoms with Crippen LogP contribution in [0, 0.1) is 0 Å². The number of carbonyl (C=O) groups excluding carboxylic acids is 4. The molecule has 0 unspecified atom stereocenters. The summed E-state index contributed by atoms with van der Waals surface area (Å²) in [4.78, 5) is 43.6. The van der Waals surface area contributed by atoms with Crippen LogP contribution in [0.3, 0.4) is 0 Å². The van der Waals surface area contributed by atoms with Gasteiger partial charge < -0.3 is 49.1 Å². The van der Waals surface area contributed by atoms with Crippen molar-refractivity contribution in [1.29, 1.82) is 0 Å². The molecule has 0 spiro atoms. The van der Waals surface area contributed by atoms with Gasteiger partial charge in [0.05, 0.1) is 13.2 Å². The minimum Gasteiger partial charge on any atom is -0.550 e. The smallest absolute Gasteiger partial charge is 0.119 e. The number of hydrogen-bond donors (Lipinski definition) is 0. The Morgan fingerprint density at radius 3 is 1.18 bits per heavy atom. The summed E-state index contributed by atoms with van der Waals surface area (Å²) in [5.74, 6) is -7.57. The molecule has 0 aliphatic heterocycles. The van der Waals surface area contributed by atoms with Crippen molar-refractivity contribution in [3.63, 3.8) is 0 Å². The van der Waals surface area contributed by atoms with E-state index in [1.54, 1.807) is 24.3 Å². The standard InChI is InChI=1S/C24H26O10/c25-21(26)13-19(23(29)30)15-3-7-17(8-4-15)33-11-1-2-12-34-18-9-5-16(6-10-18)20(24(31)32)14-22(27)28/h3-10,19-20H,1-2,11-14H2,(H,25,26)(H,27,28)(H,29,30)(H,31,32)/p-4/t19-,20-/m1/s1. The number of unbranched alkanes of at least 4 members (excludes halogenated alkanes) is 1. The van der Waals surface area contributed by atoms with Crippen LogP contribution in [0.15, 0.2) is 48.5 Å². The molecule has 0 N–H and O–H groups in total. The Balaban J connectivity index is 1.73. The summed E-state index contributed by atoms with van der Waals surface area (Å²) < 4.78 is 11.1. The molecular formula is C24H22O10-4. The van der Waals surface area contributed by atoms with E-state index in [1.807, 2.05) is 0 Å².